The first kappa shape index (κ1) is 13.5. The Balaban J connectivity index is 2.19. The van der Waals surface area contributed by atoms with Crippen molar-refractivity contribution in [3.8, 4) is 0 Å². The first-order valence-corrected chi connectivity index (χ1v) is 6.32. The standard InChI is InChI=1S/C14H18N2O3/c1-19-12(17)10-5-2-3-6-11(10)16-13(18)14(9-15)7-4-8-14/h2-3,5-6H,4,7-9,15H2,1H3,(H,16,18). The van der Waals surface area contributed by atoms with Crippen LogP contribution in [0.2, 0.25) is 0 Å². The van der Waals surface area contributed by atoms with Gasteiger partial charge in [-0.2, -0.15) is 0 Å². The van der Waals surface area contributed by atoms with Crippen molar-refractivity contribution in [2.45, 2.75) is 19.3 Å². The van der Waals surface area contributed by atoms with Gasteiger partial charge in [0.2, 0.25) is 5.91 Å². The molecule has 1 aromatic carbocycles. The number of benzene rings is 1. The summed E-state index contributed by atoms with van der Waals surface area (Å²) in [5.41, 5.74) is 6.05. The average molecular weight is 262 g/mol. The summed E-state index contributed by atoms with van der Waals surface area (Å²) in [4.78, 5) is 23.9. The van der Waals surface area contributed by atoms with E-state index in [-0.39, 0.29) is 5.91 Å². The highest BCUT2D eigenvalue weighted by Crippen LogP contribution is 2.41. The van der Waals surface area contributed by atoms with Gasteiger partial charge in [0.25, 0.3) is 0 Å². The maximum Gasteiger partial charge on any atom is 0.339 e. The van der Waals surface area contributed by atoms with Gasteiger partial charge in [-0.3, -0.25) is 4.79 Å². The van der Waals surface area contributed by atoms with Crippen LogP contribution < -0.4 is 11.1 Å². The molecule has 0 bridgehead atoms. The van der Waals surface area contributed by atoms with Gasteiger partial charge in [-0.15, -0.1) is 0 Å². The van der Waals surface area contributed by atoms with Crippen molar-refractivity contribution in [3.05, 3.63) is 29.8 Å². The first-order valence-electron chi connectivity index (χ1n) is 6.32. The summed E-state index contributed by atoms with van der Waals surface area (Å²) >= 11 is 0. The van der Waals surface area contributed by atoms with Crippen molar-refractivity contribution in [3.63, 3.8) is 0 Å². The molecule has 102 valence electrons. The minimum atomic E-state index is -0.469. The number of ether oxygens (including phenoxy) is 1. The minimum absolute atomic E-state index is 0.113. The van der Waals surface area contributed by atoms with Crippen molar-refractivity contribution in [1.82, 2.24) is 0 Å². The van der Waals surface area contributed by atoms with Crippen LogP contribution in [0.3, 0.4) is 0 Å². The van der Waals surface area contributed by atoms with Crippen LogP contribution in [0, 0.1) is 5.41 Å². The number of carbonyl (C=O) groups is 2. The number of esters is 1. The lowest BCUT2D eigenvalue weighted by Crippen LogP contribution is -2.47. The zero-order valence-electron chi connectivity index (χ0n) is 10.9. The molecule has 0 atom stereocenters. The molecule has 1 amide bonds. The van der Waals surface area contributed by atoms with E-state index in [4.69, 9.17) is 10.5 Å². The van der Waals surface area contributed by atoms with E-state index in [9.17, 15) is 9.59 Å². The molecule has 19 heavy (non-hydrogen) atoms. The molecule has 3 N–H and O–H groups in total. The van der Waals surface area contributed by atoms with Crippen molar-refractivity contribution in [2.24, 2.45) is 11.1 Å². The molecule has 2 rings (SSSR count). The molecular formula is C14H18N2O3. The molecule has 0 aromatic heterocycles. The van der Waals surface area contributed by atoms with Gasteiger partial charge in [-0.1, -0.05) is 18.6 Å². The molecule has 0 spiro atoms. The van der Waals surface area contributed by atoms with Crippen LogP contribution in [-0.4, -0.2) is 25.5 Å². The molecule has 0 heterocycles. The fourth-order valence-corrected chi connectivity index (χ4v) is 2.26. The third-order valence-electron chi connectivity index (χ3n) is 3.76. The Morgan fingerprint density at radius 1 is 1.37 bits per heavy atom. The van der Waals surface area contributed by atoms with Crippen LogP contribution in [0.15, 0.2) is 24.3 Å². The number of methoxy groups -OCH3 is 1. The molecule has 1 saturated carbocycles. The Kier molecular flexibility index (Phi) is 3.85. The van der Waals surface area contributed by atoms with Crippen molar-refractivity contribution in [2.75, 3.05) is 19.0 Å². The number of hydrogen-bond acceptors (Lipinski definition) is 4. The Bertz CT molecular complexity index is 490. The van der Waals surface area contributed by atoms with Gasteiger partial charge in [-0.05, 0) is 25.0 Å². The molecule has 0 saturated heterocycles. The fourth-order valence-electron chi connectivity index (χ4n) is 2.26. The number of amides is 1. The third kappa shape index (κ3) is 2.46. The first-order chi connectivity index (χ1) is 9.13. The zero-order chi connectivity index (χ0) is 13.9. The molecule has 1 aromatic rings. The molecule has 5 heteroatoms. The van der Waals surface area contributed by atoms with Crippen LogP contribution in [0.1, 0.15) is 29.6 Å². The predicted octanol–water partition coefficient (Wildman–Crippen LogP) is 1.54. The van der Waals surface area contributed by atoms with Crippen LogP contribution in [-0.2, 0) is 9.53 Å². The summed E-state index contributed by atoms with van der Waals surface area (Å²) in [5, 5.41) is 2.80. The highest BCUT2D eigenvalue weighted by Gasteiger charge is 2.43. The third-order valence-corrected chi connectivity index (χ3v) is 3.76. The van der Waals surface area contributed by atoms with Gasteiger partial charge in [-0.25, -0.2) is 4.79 Å². The predicted molar refractivity (Wildman–Crippen MR) is 71.7 cm³/mol. The number of carbonyl (C=O) groups excluding carboxylic acids is 2. The van der Waals surface area contributed by atoms with Gasteiger partial charge in [0, 0.05) is 6.54 Å². The number of para-hydroxylation sites is 1. The summed E-state index contributed by atoms with van der Waals surface area (Å²) in [6.45, 7) is 0.333. The SMILES string of the molecule is COC(=O)c1ccccc1NC(=O)C1(CN)CCC1. The highest BCUT2D eigenvalue weighted by molar-refractivity contribution is 6.03. The van der Waals surface area contributed by atoms with Crippen molar-refractivity contribution < 1.29 is 14.3 Å². The molecule has 1 fully saturated rings. The van der Waals surface area contributed by atoms with E-state index in [0.29, 0.717) is 17.8 Å². The number of anilines is 1. The highest BCUT2D eigenvalue weighted by atomic mass is 16.5. The lowest BCUT2D eigenvalue weighted by Gasteiger charge is -2.39. The van der Waals surface area contributed by atoms with Gasteiger partial charge in [0.05, 0.1) is 23.8 Å². The van der Waals surface area contributed by atoms with Crippen molar-refractivity contribution >= 4 is 17.6 Å². The topological polar surface area (TPSA) is 81.4 Å². The van der Waals surface area contributed by atoms with E-state index >= 15 is 0 Å². The lowest BCUT2D eigenvalue weighted by molar-refractivity contribution is -0.129. The Morgan fingerprint density at radius 2 is 2.05 bits per heavy atom. The van der Waals surface area contributed by atoms with E-state index in [0.717, 1.165) is 19.3 Å². The Labute approximate surface area is 112 Å². The van der Waals surface area contributed by atoms with Crippen LogP contribution >= 0.6 is 0 Å². The van der Waals surface area contributed by atoms with Crippen molar-refractivity contribution in [1.29, 1.82) is 0 Å². The summed E-state index contributed by atoms with van der Waals surface area (Å²) < 4.78 is 4.70. The van der Waals surface area contributed by atoms with E-state index in [1.807, 2.05) is 0 Å². The minimum Gasteiger partial charge on any atom is -0.465 e. The molecule has 5 nitrogen and oxygen atoms in total. The molecule has 0 unspecified atom stereocenters. The molecule has 1 aliphatic carbocycles. The second-order valence-corrected chi connectivity index (χ2v) is 4.83. The second kappa shape index (κ2) is 5.40. The van der Waals surface area contributed by atoms with Gasteiger partial charge < -0.3 is 15.8 Å². The largest absolute Gasteiger partial charge is 0.465 e. The Hall–Kier alpha value is -1.88. The number of hydrogen-bond donors (Lipinski definition) is 2. The second-order valence-electron chi connectivity index (χ2n) is 4.83. The van der Waals surface area contributed by atoms with E-state index < -0.39 is 11.4 Å². The van der Waals surface area contributed by atoms with E-state index in [2.05, 4.69) is 5.32 Å². The monoisotopic (exact) mass is 262 g/mol. The average Bonchev–Trinajstić information content (AvgIpc) is 2.38. The smallest absolute Gasteiger partial charge is 0.339 e. The van der Waals surface area contributed by atoms with E-state index in [1.165, 1.54) is 7.11 Å². The number of nitrogens with two attached hydrogens (primary N) is 1. The maximum absolute atomic E-state index is 12.3. The fraction of sp³-hybridized carbons (Fsp3) is 0.429. The normalized spacial score (nSPS) is 16.3. The van der Waals surface area contributed by atoms with Crippen LogP contribution in [0.5, 0.6) is 0 Å². The van der Waals surface area contributed by atoms with Gasteiger partial charge >= 0.3 is 5.97 Å². The molecule has 0 radical (unpaired) electrons. The quantitative estimate of drug-likeness (QED) is 0.806. The van der Waals surface area contributed by atoms with Gasteiger partial charge in [0.1, 0.15) is 0 Å². The lowest BCUT2D eigenvalue weighted by atomic mass is 9.68. The number of rotatable bonds is 4. The van der Waals surface area contributed by atoms with E-state index in [1.54, 1.807) is 24.3 Å². The zero-order valence-corrected chi connectivity index (χ0v) is 10.9. The Morgan fingerprint density at radius 3 is 2.58 bits per heavy atom. The van der Waals surface area contributed by atoms with Gasteiger partial charge in [0.15, 0.2) is 0 Å². The summed E-state index contributed by atoms with van der Waals surface area (Å²) in [6, 6.07) is 6.80. The van der Waals surface area contributed by atoms with Crippen LogP contribution in [0.4, 0.5) is 5.69 Å². The summed E-state index contributed by atoms with van der Waals surface area (Å²) in [7, 11) is 1.31. The molecular weight excluding hydrogens is 244 g/mol. The number of nitrogens with one attached hydrogen (secondary N) is 1. The molecule has 0 aliphatic heterocycles. The summed E-state index contributed by atoms with van der Waals surface area (Å²) in [5.74, 6) is -0.580. The maximum atomic E-state index is 12.3. The summed E-state index contributed by atoms with van der Waals surface area (Å²) in [6.07, 6.45) is 2.62. The molecule has 1 aliphatic rings. The van der Waals surface area contributed by atoms with Crippen LogP contribution in [0.25, 0.3) is 0 Å².